The molecule has 0 N–H and O–H groups in total. The molecule has 0 heterocycles. The largest absolute Gasteiger partial charge is 0.457 e. The summed E-state index contributed by atoms with van der Waals surface area (Å²) in [5.74, 6) is -1.50. The van der Waals surface area contributed by atoms with Crippen LogP contribution in [0.5, 0.6) is 5.75 Å². The van der Waals surface area contributed by atoms with Gasteiger partial charge in [0.1, 0.15) is 18.2 Å². The van der Waals surface area contributed by atoms with Gasteiger partial charge < -0.3 is 9.47 Å². The highest BCUT2D eigenvalue weighted by molar-refractivity contribution is 9.10. The van der Waals surface area contributed by atoms with E-state index in [4.69, 9.17) is 4.74 Å². The molecule has 2 rings (SSSR count). The summed E-state index contributed by atoms with van der Waals surface area (Å²) in [6, 6.07) is 9.54. The molecule has 0 fully saturated rings. The molecule has 2 aromatic carbocycles. The monoisotopic (exact) mass is 374 g/mol. The fourth-order valence-electron chi connectivity index (χ4n) is 1.65. The number of ether oxygens (including phenoxy) is 2. The van der Waals surface area contributed by atoms with Crippen LogP contribution in [-0.4, -0.2) is 12.6 Å². The second-order valence-corrected chi connectivity index (χ2v) is 5.14. The standard InChI is InChI=1S/C15H10BrF3O3/c16-10-3-6-13(17)12(7-10)14(20)21-8-9-1-4-11(5-2-9)22-15(18)19/h1-7,15H,8H2. The second kappa shape index (κ2) is 7.31. The zero-order chi connectivity index (χ0) is 16.1. The normalized spacial score (nSPS) is 10.6. The molecule has 116 valence electrons. The molecular formula is C15H10BrF3O3. The highest BCUT2D eigenvalue weighted by Crippen LogP contribution is 2.18. The minimum Gasteiger partial charge on any atom is -0.457 e. The van der Waals surface area contributed by atoms with Crippen molar-refractivity contribution in [2.24, 2.45) is 0 Å². The van der Waals surface area contributed by atoms with Crippen LogP contribution in [0.1, 0.15) is 15.9 Å². The predicted octanol–water partition coefficient (Wildman–Crippen LogP) is 4.55. The zero-order valence-corrected chi connectivity index (χ0v) is 12.6. The number of carbonyl (C=O) groups is 1. The van der Waals surface area contributed by atoms with Gasteiger partial charge >= 0.3 is 12.6 Å². The van der Waals surface area contributed by atoms with Crippen molar-refractivity contribution < 1.29 is 27.4 Å². The first-order valence-corrected chi connectivity index (χ1v) is 6.91. The highest BCUT2D eigenvalue weighted by atomic mass is 79.9. The van der Waals surface area contributed by atoms with Crippen LogP contribution in [0.15, 0.2) is 46.9 Å². The average Bonchev–Trinajstić information content (AvgIpc) is 2.48. The third kappa shape index (κ3) is 4.49. The molecule has 22 heavy (non-hydrogen) atoms. The van der Waals surface area contributed by atoms with Gasteiger partial charge in [-0.25, -0.2) is 9.18 Å². The van der Waals surface area contributed by atoms with Crippen molar-refractivity contribution in [3.8, 4) is 5.75 Å². The van der Waals surface area contributed by atoms with Gasteiger partial charge in [0.2, 0.25) is 0 Å². The molecular weight excluding hydrogens is 365 g/mol. The van der Waals surface area contributed by atoms with Crippen molar-refractivity contribution in [1.29, 1.82) is 0 Å². The maximum Gasteiger partial charge on any atom is 0.387 e. The molecule has 7 heteroatoms. The first-order chi connectivity index (χ1) is 10.5. The van der Waals surface area contributed by atoms with E-state index in [2.05, 4.69) is 20.7 Å². The molecule has 2 aromatic rings. The van der Waals surface area contributed by atoms with Crippen molar-refractivity contribution in [2.45, 2.75) is 13.2 Å². The Bertz CT molecular complexity index is 660. The number of carbonyl (C=O) groups excluding carboxylic acids is 1. The lowest BCUT2D eigenvalue weighted by Gasteiger charge is -2.08. The number of benzene rings is 2. The lowest BCUT2D eigenvalue weighted by Crippen LogP contribution is -2.08. The predicted molar refractivity (Wildman–Crippen MR) is 76.3 cm³/mol. The van der Waals surface area contributed by atoms with E-state index in [-0.39, 0.29) is 17.9 Å². The summed E-state index contributed by atoms with van der Waals surface area (Å²) in [6.07, 6.45) is 0. The highest BCUT2D eigenvalue weighted by Gasteiger charge is 2.14. The molecule has 0 saturated carbocycles. The summed E-state index contributed by atoms with van der Waals surface area (Å²) in [6.45, 7) is -3.01. The van der Waals surface area contributed by atoms with Gasteiger partial charge in [-0.3, -0.25) is 0 Å². The van der Waals surface area contributed by atoms with E-state index in [9.17, 15) is 18.0 Å². The first kappa shape index (κ1) is 16.4. The summed E-state index contributed by atoms with van der Waals surface area (Å²) < 4.78 is 47.2. The number of halogens is 4. The van der Waals surface area contributed by atoms with E-state index in [0.29, 0.717) is 10.0 Å². The van der Waals surface area contributed by atoms with Gasteiger partial charge in [-0.05, 0) is 35.9 Å². The Balaban J connectivity index is 1.97. The average molecular weight is 375 g/mol. The molecule has 3 nitrogen and oxygen atoms in total. The van der Waals surface area contributed by atoms with Crippen molar-refractivity contribution in [2.75, 3.05) is 0 Å². The quantitative estimate of drug-likeness (QED) is 0.720. The smallest absolute Gasteiger partial charge is 0.387 e. The maximum atomic E-state index is 13.5. The van der Waals surface area contributed by atoms with Crippen LogP contribution < -0.4 is 4.74 Å². The van der Waals surface area contributed by atoms with Gasteiger partial charge in [-0.1, -0.05) is 28.1 Å². The number of esters is 1. The summed E-state index contributed by atoms with van der Waals surface area (Å²) >= 11 is 3.14. The van der Waals surface area contributed by atoms with E-state index >= 15 is 0 Å². The molecule has 0 aliphatic carbocycles. The Morgan fingerprint density at radius 1 is 1.14 bits per heavy atom. The van der Waals surface area contributed by atoms with Gasteiger partial charge in [-0.2, -0.15) is 8.78 Å². The minimum atomic E-state index is -2.90. The van der Waals surface area contributed by atoms with E-state index < -0.39 is 18.4 Å². The van der Waals surface area contributed by atoms with Crippen LogP contribution in [0.2, 0.25) is 0 Å². The Labute approximate surface area is 132 Å². The molecule has 0 saturated heterocycles. The van der Waals surface area contributed by atoms with Crippen molar-refractivity contribution in [3.63, 3.8) is 0 Å². The third-order valence-corrected chi connectivity index (χ3v) is 3.16. The third-order valence-electron chi connectivity index (χ3n) is 2.67. The molecule has 0 aliphatic rings. The van der Waals surface area contributed by atoms with E-state index in [1.165, 1.54) is 36.4 Å². The van der Waals surface area contributed by atoms with Gasteiger partial charge in [0.05, 0.1) is 5.56 Å². The number of hydrogen-bond acceptors (Lipinski definition) is 3. The van der Waals surface area contributed by atoms with Crippen LogP contribution >= 0.6 is 15.9 Å². The number of hydrogen-bond donors (Lipinski definition) is 0. The molecule has 0 radical (unpaired) electrons. The molecule has 0 unspecified atom stereocenters. The van der Waals surface area contributed by atoms with Gasteiger partial charge in [0.25, 0.3) is 0 Å². The number of rotatable bonds is 5. The lowest BCUT2D eigenvalue weighted by molar-refractivity contribution is -0.0498. The van der Waals surface area contributed by atoms with Crippen LogP contribution in [0.25, 0.3) is 0 Å². The second-order valence-electron chi connectivity index (χ2n) is 4.22. The van der Waals surface area contributed by atoms with Crippen LogP contribution in [-0.2, 0) is 11.3 Å². The summed E-state index contributed by atoms with van der Waals surface area (Å²) in [5, 5.41) is 0. The Morgan fingerprint density at radius 2 is 1.82 bits per heavy atom. The first-order valence-electron chi connectivity index (χ1n) is 6.11. The molecule has 0 atom stereocenters. The van der Waals surface area contributed by atoms with Gasteiger partial charge in [-0.15, -0.1) is 0 Å². The summed E-state index contributed by atoms with van der Waals surface area (Å²) in [4.78, 5) is 11.8. The minimum absolute atomic E-state index is 0.00288. The van der Waals surface area contributed by atoms with Crippen LogP contribution in [0, 0.1) is 5.82 Å². The summed E-state index contributed by atoms with van der Waals surface area (Å²) in [5.41, 5.74) is 0.373. The van der Waals surface area contributed by atoms with Gasteiger partial charge in [0, 0.05) is 4.47 Å². The Hall–Kier alpha value is -2.02. The maximum absolute atomic E-state index is 13.5. The fourth-order valence-corrected chi connectivity index (χ4v) is 2.01. The van der Waals surface area contributed by atoms with Crippen molar-refractivity contribution in [1.82, 2.24) is 0 Å². The van der Waals surface area contributed by atoms with Crippen LogP contribution in [0.3, 0.4) is 0 Å². The van der Waals surface area contributed by atoms with Crippen molar-refractivity contribution in [3.05, 3.63) is 63.9 Å². The molecule has 0 amide bonds. The van der Waals surface area contributed by atoms with Gasteiger partial charge in [0.15, 0.2) is 0 Å². The summed E-state index contributed by atoms with van der Waals surface area (Å²) in [7, 11) is 0. The number of alkyl halides is 2. The molecule has 0 aromatic heterocycles. The van der Waals surface area contributed by atoms with Crippen LogP contribution in [0.4, 0.5) is 13.2 Å². The van der Waals surface area contributed by atoms with E-state index in [1.807, 2.05) is 0 Å². The molecule has 0 aliphatic heterocycles. The topological polar surface area (TPSA) is 35.5 Å². The van der Waals surface area contributed by atoms with E-state index in [0.717, 1.165) is 6.07 Å². The fraction of sp³-hybridized carbons (Fsp3) is 0.133. The Morgan fingerprint density at radius 3 is 2.45 bits per heavy atom. The Kier molecular flexibility index (Phi) is 5.43. The van der Waals surface area contributed by atoms with E-state index in [1.54, 1.807) is 0 Å². The lowest BCUT2D eigenvalue weighted by atomic mass is 10.2. The van der Waals surface area contributed by atoms with Crippen molar-refractivity contribution >= 4 is 21.9 Å². The molecule has 0 spiro atoms. The zero-order valence-electron chi connectivity index (χ0n) is 11.1. The molecule has 0 bridgehead atoms. The SMILES string of the molecule is O=C(OCc1ccc(OC(F)F)cc1)c1cc(Br)ccc1F.